The Labute approximate surface area is 139 Å². The smallest absolute Gasteiger partial charge is 0.266 e. The van der Waals surface area contributed by atoms with Crippen LogP contribution in [0.4, 0.5) is 5.13 Å². The molecule has 2 rings (SSSR count). The second-order valence-electron chi connectivity index (χ2n) is 5.15. The van der Waals surface area contributed by atoms with Gasteiger partial charge in [0.1, 0.15) is 11.6 Å². The topological polar surface area (TPSA) is 84.8 Å². The highest BCUT2D eigenvalue weighted by molar-refractivity contribution is 7.14. The van der Waals surface area contributed by atoms with Gasteiger partial charge in [-0.2, -0.15) is 5.26 Å². The van der Waals surface area contributed by atoms with Crippen molar-refractivity contribution in [1.82, 2.24) is 14.9 Å². The first-order valence-electron chi connectivity index (χ1n) is 7.65. The van der Waals surface area contributed by atoms with Crippen LogP contribution in [-0.4, -0.2) is 41.0 Å². The summed E-state index contributed by atoms with van der Waals surface area (Å²) in [6.07, 6.45) is 0. The predicted octanol–water partition coefficient (Wildman–Crippen LogP) is 2.43. The molecule has 0 unspecified atom stereocenters. The number of H-pyrrole nitrogens is 1. The summed E-state index contributed by atoms with van der Waals surface area (Å²) < 4.78 is 0. The fourth-order valence-corrected chi connectivity index (χ4v) is 3.05. The lowest BCUT2D eigenvalue weighted by Gasteiger charge is -2.17. The Kier molecular flexibility index (Phi) is 5.90. The number of likely N-dealkylation sites (N-methyl/N-ethyl adjacent to an activating group) is 1. The maximum Gasteiger partial charge on any atom is 0.266 e. The molecule has 0 bridgehead atoms. The molecule has 0 atom stereocenters. The van der Waals surface area contributed by atoms with Crippen molar-refractivity contribution in [3.63, 3.8) is 0 Å². The molecule has 0 aliphatic rings. The van der Waals surface area contributed by atoms with Gasteiger partial charge in [0.25, 0.3) is 5.56 Å². The van der Waals surface area contributed by atoms with E-state index in [-0.39, 0.29) is 11.1 Å². The van der Waals surface area contributed by atoms with E-state index in [2.05, 4.69) is 34.0 Å². The van der Waals surface area contributed by atoms with Crippen LogP contribution in [0.25, 0.3) is 11.3 Å². The van der Waals surface area contributed by atoms with Gasteiger partial charge in [-0.1, -0.05) is 13.8 Å². The number of nitrogens with zero attached hydrogens (tertiary/aromatic N) is 3. The predicted molar refractivity (Wildman–Crippen MR) is 93.9 cm³/mol. The first-order chi connectivity index (χ1) is 11.1. The number of aromatic amines is 1. The Balaban J connectivity index is 2.11. The number of anilines is 1. The molecule has 122 valence electrons. The number of aryl methyl sites for hydroxylation is 1. The van der Waals surface area contributed by atoms with Gasteiger partial charge in [0.2, 0.25) is 0 Å². The van der Waals surface area contributed by atoms with Crippen molar-refractivity contribution >= 4 is 16.5 Å². The van der Waals surface area contributed by atoms with Crippen LogP contribution in [0.15, 0.2) is 16.2 Å². The Morgan fingerprint density at radius 3 is 2.83 bits per heavy atom. The molecule has 2 N–H and O–H groups in total. The molecule has 6 nitrogen and oxygen atoms in total. The Bertz CT molecular complexity index is 755. The van der Waals surface area contributed by atoms with Crippen molar-refractivity contribution in [1.29, 1.82) is 5.26 Å². The summed E-state index contributed by atoms with van der Waals surface area (Å²) >= 11 is 1.52. The van der Waals surface area contributed by atoms with Gasteiger partial charge in [-0.15, -0.1) is 11.3 Å². The van der Waals surface area contributed by atoms with Crippen LogP contribution in [0, 0.1) is 18.3 Å². The van der Waals surface area contributed by atoms with Crippen molar-refractivity contribution in [3.8, 4) is 17.3 Å². The zero-order valence-electron chi connectivity index (χ0n) is 13.6. The highest BCUT2D eigenvalue weighted by Crippen LogP contribution is 2.26. The van der Waals surface area contributed by atoms with E-state index in [1.54, 1.807) is 6.07 Å². The Morgan fingerprint density at radius 1 is 1.43 bits per heavy atom. The molecular formula is C16H21N5OS. The maximum atomic E-state index is 11.6. The fourth-order valence-electron chi connectivity index (χ4n) is 2.31. The zero-order chi connectivity index (χ0) is 16.8. The summed E-state index contributed by atoms with van der Waals surface area (Å²) in [7, 11) is 0. The number of rotatable bonds is 7. The van der Waals surface area contributed by atoms with Crippen LogP contribution in [0.5, 0.6) is 0 Å². The molecule has 0 spiro atoms. The maximum absolute atomic E-state index is 11.6. The average Bonchev–Trinajstić information content (AvgIpc) is 3.00. The second-order valence-corrected chi connectivity index (χ2v) is 6.01. The Hall–Kier alpha value is -2.17. The summed E-state index contributed by atoms with van der Waals surface area (Å²) in [6.45, 7) is 9.99. The standard InChI is InChI=1S/C16H21N5OS/c1-4-21(5-2)7-6-18-16-20-14(10-23-16)13-8-12(9-17)15(22)19-11(13)3/h8,10H,4-7H2,1-3H3,(H,18,20)(H,19,22). The van der Waals surface area contributed by atoms with E-state index >= 15 is 0 Å². The van der Waals surface area contributed by atoms with Gasteiger partial charge in [0.15, 0.2) is 5.13 Å². The molecule has 0 saturated heterocycles. The molecule has 2 heterocycles. The quantitative estimate of drug-likeness (QED) is 0.814. The molecule has 0 aromatic carbocycles. The van der Waals surface area contributed by atoms with E-state index in [4.69, 9.17) is 5.26 Å². The number of thiazole rings is 1. The van der Waals surface area contributed by atoms with Gasteiger partial charge in [-0.3, -0.25) is 4.79 Å². The lowest BCUT2D eigenvalue weighted by molar-refractivity contribution is 0.316. The number of nitriles is 1. The third-order valence-electron chi connectivity index (χ3n) is 3.74. The van der Waals surface area contributed by atoms with Crippen LogP contribution in [0.3, 0.4) is 0 Å². The van der Waals surface area contributed by atoms with Crippen molar-refractivity contribution < 1.29 is 0 Å². The molecule has 0 saturated carbocycles. The van der Waals surface area contributed by atoms with E-state index in [0.29, 0.717) is 5.69 Å². The molecule has 2 aromatic heterocycles. The van der Waals surface area contributed by atoms with Gasteiger partial charge in [0.05, 0.1) is 5.69 Å². The summed E-state index contributed by atoms with van der Waals surface area (Å²) in [6, 6.07) is 3.51. The van der Waals surface area contributed by atoms with Crippen molar-refractivity contribution in [2.45, 2.75) is 20.8 Å². The average molecular weight is 331 g/mol. The number of aromatic nitrogens is 2. The van der Waals surface area contributed by atoms with Gasteiger partial charge in [-0.25, -0.2) is 4.98 Å². The van der Waals surface area contributed by atoms with Gasteiger partial charge in [-0.05, 0) is 26.1 Å². The molecule has 2 aromatic rings. The molecule has 7 heteroatoms. The first kappa shape index (κ1) is 17.2. The third kappa shape index (κ3) is 4.18. The lowest BCUT2D eigenvalue weighted by atomic mass is 10.1. The van der Waals surface area contributed by atoms with Crippen LogP contribution >= 0.6 is 11.3 Å². The molecule has 0 aliphatic carbocycles. The third-order valence-corrected chi connectivity index (χ3v) is 4.54. The van der Waals surface area contributed by atoms with Crippen LogP contribution in [0.1, 0.15) is 25.1 Å². The molecule has 0 fully saturated rings. The molecular weight excluding hydrogens is 310 g/mol. The van der Waals surface area contributed by atoms with Crippen molar-refractivity contribution in [3.05, 3.63) is 33.1 Å². The van der Waals surface area contributed by atoms with Gasteiger partial charge < -0.3 is 15.2 Å². The van der Waals surface area contributed by atoms with E-state index in [9.17, 15) is 4.79 Å². The van der Waals surface area contributed by atoms with Gasteiger partial charge >= 0.3 is 0 Å². The monoisotopic (exact) mass is 331 g/mol. The zero-order valence-corrected chi connectivity index (χ0v) is 14.5. The largest absolute Gasteiger partial charge is 0.360 e. The van der Waals surface area contributed by atoms with Crippen molar-refractivity contribution in [2.24, 2.45) is 0 Å². The number of hydrogen-bond acceptors (Lipinski definition) is 6. The van der Waals surface area contributed by atoms with Crippen molar-refractivity contribution in [2.75, 3.05) is 31.5 Å². The number of hydrogen-bond donors (Lipinski definition) is 2. The van der Waals surface area contributed by atoms with Crippen LogP contribution in [0.2, 0.25) is 0 Å². The van der Waals surface area contributed by atoms with Gasteiger partial charge in [0, 0.05) is 29.7 Å². The number of nitrogens with one attached hydrogen (secondary N) is 2. The summed E-state index contributed by atoms with van der Waals surface area (Å²) in [5.41, 5.74) is 2.02. The lowest BCUT2D eigenvalue weighted by Crippen LogP contribution is -2.28. The van der Waals surface area contributed by atoms with Crippen LogP contribution < -0.4 is 10.9 Å². The van der Waals surface area contributed by atoms with E-state index in [1.165, 1.54) is 11.3 Å². The summed E-state index contributed by atoms with van der Waals surface area (Å²) in [5, 5.41) is 15.1. The minimum absolute atomic E-state index is 0.106. The summed E-state index contributed by atoms with van der Waals surface area (Å²) in [4.78, 5) is 21.2. The second kappa shape index (κ2) is 7.90. The number of pyridine rings is 1. The first-order valence-corrected chi connectivity index (χ1v) is 8.53. The molecule has 23 heavy (non-hydrogen) atoms. The minimum atomic E-state index is -0.360. The highest BCUT2D eigenvalue weighted by atomic mass is 32.1. The SMILES string of the molecule is CCN(CC)CCNc1nc(-c2cc(C#N)c(=O)[nH]c2C)cs1. The van der Waals surface area contributed by atoms with E-state index in [0.717, 1.165) is 42.6 Å². The fraction of sp³-hybridized carbons (Fsp3) is 0.438. The normalized spacial score (nSPS) is 10.7. The minimum Gasteiger partial charge on any atom is -0.360 e. The molecule has 0 amide bonds. The molecule has 0 radical (unpaired) electrons. The van der Waals surface area contributed by atoms with E-state index < -0.39 is 0 Å². The van der Waals surface area contributed by atoms with E-state index in [1.807, 2.05) is 18.4 Å². The van der Waals surface area contributed by atoms with Crippen LogP contribution in [-0.2, 0) is 0 Å². The molecule has 0 aliphatic heterocycles. The summed E-state index contributed by atoms with van der Waals surface area (Å²) in [5.74, 6) is 0. The Morgan fingerprint density at radius 2 is 2.17 bits per heavy atom. The highest BCUT2D eigenvalue weighted by Gasteiger charge is 2.11.